The average molecular weight is 337 g/mol. The maximum atomic E-state index is 11.8. The molecule has 0 saturated carbocycles. The molecule has 0 fully saturated rings. The van der Waals surface area contributed by atoms with Crippen LogP contribution in [0.1, 0.15) is 16.1 Å². The van der Waals surface area contributed by atoms with E-state index in [1.807, 2.05) is 13.0 Å². The molecule has 8 nitrogen and oxygen atoms in total. The molecule has 3 aromatic rings. The average Bonchev–Trinajstić information content (AvgIpc) is 3.12. The maximum absolute atomic E-state index is 11.8. The van der Waals surface area contributed by atoms with Gasteiger partial charge in [-0.2, -0.15) is 5.10 Å². The quantitative estimate of drug-likeness (QED) is 0.555. The van der Waals surface area contributed by atoms with Gasteiger partial charge in [-0.3, -0.25) is 4.79 Å². The van der Waals surface area contributed by atoms with Gasteiger partial charge in [-0.15, -0.1) is 12.4 Å². The Bertz CT molecular complexity index is 899. The Labute approximate surface area is 136 Å². The molecule has 23 heavy (non-hydrogen) atoms. The van der Waals surface area contributed by atoms with Crippen LogP contribution in [0.4, 0.5) is 0 Å². The van der Waals surface area contributed by atoms with Crippen molar-refractivity contribution in [3.63, 3.8) is 0 Å². The van der Waals surface area contributed by atoms with Crippen LogP contribution in [0.3, 0.4) is 0 Å². The molecular weight excluding hydrogens is 324 g/mol. The number of Topliss-reactive ketones (excluding diaryl/α,β-unsaturated/α-hetero) is 1. The van der Waals surface area contributed by atoms with Crippen molar-refractivity contribution in [3.8, 4) is 11.6 Å². The van der Waals surface area contributed by atoms with E-state index in [0.717, 1.165) is 5.69 Å². The third-order valence-corrected chi connectivity index (χ3v) is 3.25. The zero-order valence-corrected chi connectivity index (χ0v) is 13.0. The predicted octanol–water partition coefficient (Wildman–Crippen LogP) is 1.75. The number of aryl methyl sites for hydroxylation is 1. The lowest BCUT2D eigenvalue weighted by Crippen LogP contribution is -2.12. The van der Waals surface area contributed by atoms with E-state index in [0.29, 0.717) is 22.5 Å². The summed E-state index contributed by atoms with van der Waals surface area (Å²) in [5.74, 6) is -1.78. The summed E-state index contributed by atoms with van der Waals surface area (Å²) in [6, 6.07) is 1.81. The van der Waals surface area contributed by atoms with E-state index in [1.165, 1.54) is 19.5 Å². The molecule has 0 unspecified atom stereocenters. The second-order valence-corrected chi connectivity index (χ2v) is 4.64. The molecule has 0 radical (unpaired) electrons. The fourth-order valence-electron chi connectivity index (χ4n) is 2.26. The van der Waals surface area contributed by atoms with Crippen molar-refractivity contribution < 1.29 is 19.4 Å². The molecule has 0 aromatic carbocycles. The van der Waals surface area contributed by atoms with Crippen LogP contribution in [-0.4, -0.2) is 43.7 Å². The first-order valence-corrected chi connectivity index (χ1v) is 6.37. The first-order chi connectivity index (χ1) is 10.5. The van der Waals surface area contributed by atoms with E-state index in [9.17, 15) is 9.59 Å². The van der Waals surface area contributed by atoms with Gasteiger partial charge in [0.15, 0.2) is 5.82 Å². The van der Waals surface area contributed by atoms with Crippen LogP contribution >= 0.6 is 12.4 Å². The van der Waals surface area contributed by atoms with Gasteiger partial charge in [0.2, 0.25) is 0 Å². The number of ketones is 1. The predicted molar refractivity (Wildman–Crippen MR) is 83.7 cm³/mol. The van der Waals surface area contributed by atoms with Gasteiger partial charge in [0.05, 0.1) is 35.5 Å². The molecule has 3 aromatic heterocycles. The van der Waals surface area contributed by atoms with Crippen LogP contribution in [0.2, 0.25) is 0 Å². The Balaban J connectivity index is 0.00000192. The first kappa shape index (κ1) is 16.5. The zero-order valence-electron chi connectivity index (χ0n) is 12.2. The number of carboxylic acid groups (broad SMARTS) is 1. The van der Waals surface area contributed by atoms with E-state index in [2.05, 4.69) is 15.1 Å². The number of nitrogens with one attached hydrogen (secondary N) is 1. The molecule has 0 amide bonds. The summed E-state index contributed by atoms with van der Waals surface area (Å²) in [4.78, 5) is 29.9. The number of fused-ring (bicyclic) bond motifs is 1. The van der Waals surface area contributed by atoms with Gasteiger partial charge < -0.3 is 14.8 Å². The second kappa shape index (κ2) is 6.09. The Kier molecular flexibility index (Phi) is 4.37. The summed E-state index contributed by atoms with van der Waals surface area (Å²) in [6.45, 7) is 1.84. The van der Waals surface area contributed by atoms with Crippen molar-refractivity contribution in [2.45, 2.75) is 6.92 Å². The van der Waals surface area contributed by atoms with E-state index in [4.69, 9.17) is 9.84 Å². The molecule has 3 rings (SSSR count). The molecule has 120 valence electrons. The number of ether oxygens (including phenoxy) is 1. The number of rotatable bonds is 4. The first-order valence-electron chi connectivity index (χ1n) is 6.37. The fraction of sp³-hybridized carbons (Fsp3) is 0.143. The minimum Gasteiger partial charge on any atom is -0.494 e. The van der Waals surface area contributed by atoms with Crippen molar-refractivity contribution in [2.24, 2.45) is 0 Å². The number of aliphatic carboxylic acids is 1. The minimum absolute atomic E-state index is 0. The zero-order chi connectivity index (χ0) is 15.9. The molecule has 0 aliphatic rings. The number of pyridine rings is 1. The smallest absolute Gasteiger partial charge is 0.377 e. The number of carbonyl (C=O) groups is 2. The van der Waals surface area contributed by atoms with Gasteiger partial charge in [-0.1, -0.05) is 0 Å². The Morgan fingerprint density at radius 1 is 1.39 bits per heavy atom. The normalized spacial score (nSPS) is 10.3. The lowest BCUT2D eigenvalue weighted by molar-refractivity contribution is -0.131. The third kappa shape index (κ3) is 2.64. The fourth-order valence-corrected chi connectivity index (χ4v) is 2.26. The number of methoxy groups -OCH3 is 1. The number of carbonyl (C=O) groups excluding carboxylic acids is 1. The number of hydrogen-bond acceptors (Lipinski definition) is 5. The van der Waals surface area contributed by atoms with Crippen molar-refractivity contribution in [2.75, 3.05) is 7.11 Å². The van der Waals surface area contributed by atoms with Gasteiger partial charge in [0.1, 0.15) is 5.75 Å². The van der Waals surface area contributed by atoms with Crippen LogP contribution in [0.25, 0.3) is 16.7 Å². The molecule has 3 heterocycles. The highest BCUT2D eigenvalue weighted by Gasteiger charge is 2.23. The number of hydrogen-bond donors (Lipinski definition) is 2. The van der Waals surface area contributed by atoms with E-state index >= 15 is 0 Å². The summed E-state index contributed by atoms with van der Waals surface area (Å²) in [5.41, 5.74) is 1.30. The number of halogens is 1. The molecule has 0 aliphatic carbocycles. The van der Waals surface area contributed by atoms with Crippen LogP contribution in [0, 0.1) is 6.92 Å². The molecule has 0 aliphatic heterocycles. The minimum atomic E-state index is -1.53. The summed E-state index contributed by atoms with van der Waals surface area (Å²) in [5, 5.41) is 13.6. The van der Waals surface area contributed by atoms with E-state index in [-0.39, 0.29) is 18.0 Å². The number of aromatic nitrogens is 4. The van der Waals surface area contributed by atoms with Crippen LogP contribution in [0.15, 0.2) is 24.7 Å². The number of aromatic amines is 1. The molecule has 0 spiro atoms. The lowest BCUT2D eigenvalue weighted by Gasteiger charge is -2.07. The Morgan fingerprint density at radius 3 is 2.70 bits per heavy atom. The van der Waals surface area contributed by atoms with Gasteiger partial charge in [0, 0.05) is 12.4 Å². The van der Waals surface area contributed by atoms with Gasteiger partial charge >= 0.3 is 5.97 Å². The molecule has 9 heteroatoms. The maximum Gasteiger partial charge on any atom is 0.377 e. The van der Waals surface area contributed by atoms with Crippen molar-refractivity contribution in [1.29, 1.82) is 0 Å². The molecule has 0 saturated heterocycles. The van der Waals surface area contributed by atoms with Crippen molar-refractivity contribution in [1.82, 2.24) is 19.7 Å². The molecule has 0 atom stereocenters. The largest absolute Gasteiger partial charge is 0.494 e. The number of nitrogens with zero attached hydrogens (tertiary/aromatic N) is 3. The standard InChI is InChI=1S/C14H12N4O4.ClH/c1-7-3-4-18(17-7)13-11-10(9(22-2)6-16-13)8(5-15-11)12(19)14(20)21;/h3-6,15H,1-2H3,(H,20,21);1H. The summed E-state index contributed by atoms with van der Waals surface area (Å²) >= 11 is 0. The lowest BCUT2D eigenvalue weighted by atomic mass is 10.1. The topological polar surface area (TPSA) is 110 Å². The van der Waals surface area contributed by atoms with Crippen molar-refractivity contribution >= 4 is 35.1 Å². The van der Waals surface area contributed by atoms with Gasteiger partial charge in [-0.25, -0.2) is 14.5 Å². The summed E-state index contributed by atoms with van der Waals surface area (Å²) in [7, 11) is 1.43. The van der Waals surface area contributed by atoms with Crippen LogP contribution in [-0.2, 0) is 4.79 Å². The van der Waals surface area contributed by atoms with Crippen LogP contribution in [0.5, 0.6) is 5.75 Å². The Hall–Kier alpha value is -2.87. The van der Waals surface area contributed by atoms with Crippen molar-refractivity contribution in [3.05, 3.63) is 35.9 Å². The number of H-pyrrole nitrogens is 1. The summed E-state index contributed by atoms with van der Waals surface area (Å²) in [6.07, 6.45) is 4.50. The van der Waals surface area contributed by atoms with Crippen LogP contribution < -0.4 is 4.74 Å². The molecule has 2 N–H and O–H groups in total. The SMILES string of the molecule is COc1cnc(-n2ccc(C)n2)c2[nH]cc(C(=O)C(=O)O)c12.Cl. The Morgan fingerprint density at radius 2 is 2.13 bits per heavy atom. The highest BCUT2D eigenvalue weighted by molar-refractivity contribution is 6.42. The van der Waals surface area contributed by atoms with E-state index < -0.39 is 11.8 Å². The summed E-state index contributed by atoms with van der Waals surface area (Å²) < 4.78 is 6.74. The monoisotopic (exact) mass is 336 g/mol. The second-order valence-electron chi connectivity index (χ2n) is 4.64. The molecular formula is C14H13ClN4O4. The third-order valence-electron chi connectivity index (χ3n) is 3.25. The highest BCUT2D eigenvalue weighted by Crippen LogP contribution is 2.31. The van der Waals surface area contributed by atoms with Gasteiger partial charge in [-0.05, 0) is 13.0 Å². The highest BCUT2D eigenvalue weighted by atomic mass is 35.5. The molecule has 0 bridgehead atoms. The number of carboxylic acids is 1. The van der Waals surface area contributed by atoms with Gasteiger partial charge in [0.25, 0.3) is 5.78 Å². The van der Waals surface area contributed by atoms with E-state index in [1.54, 1.807) is 10.9 Å².